The molecule has 0 heterocycles. The van der Waals surface area contributed by atoms with E-state index < -0.39 is 18.2 Å². The van der Waals surface area contributed by atoms with Gasteiger partial charge in [0.1, 0.15) is 6.10 Å². The predicted molar refractivity (Wildman–Crippen MR) is 199 cm³/mol. The third-order valence-corrected chi connectivity index (χ3v) is 9.96. The van der Waals surface area contributed by atoms with E-state index in [1.165, 1.54) is 173 Å². The standard InChI is InChI=1S/C41H83NO4/c1-3-5-7-9-11-13-15-17-19-20-22-24-26-28-30-32-34-36-40(45)42-38(37-43)41(46)39(44)35-33-31-29-27-25-23-21-18-16-14-12-10-8-6-4-2/h38-39,41,43-44,46H,3-37H2,1-2H3,(H,42,45)/t38-,39+,41-/m0/s1. The number of carbonyl (C=O) groups excluding carboxylic acids is 1. The molecule has 0 saturated carbocycles. The van der Waals surface area contributed by atoms with E-state index in [1.54, 1.807) is 0 Å². The van der Waals surface area contributed by atoms with Crippen LogP contribution in [0.5, 0.6) is 0 Å². The molecule has 0 aliphatic heterocycles. The van der Waals surface area contributed by atoms with Crippen LogP contribution in [0.4, 0.5) is 0 Å². The summed E-state index contributed by atoms with van der Waals surface area (Å²) in [7, 11) is 0. The van der Waals surface area contributed by atoms with Crippen LogP contribution in [0.25, 0.3) is 0 Å². The van der Waals surface area contributed by atoms with Crippen molar-refractivity contribution < 1.29 is 20.1 Å². The Bertz CT molecular complexity index is 601. The summed E-state index contributed by atoms with van der Waals surface area (Å²) in [6.45, 7) is 4.19. The van der Waals surface area contributed by atoms with Gasteiger partial charge >= 0.3 is 0 Å². The summed E-state index contributed by atoms with van der Waals surface area (Å²) in [5, 5.41) is 33.5. The highest BCUT2D eigenvalue weighted by Gasteiger charge is 2.26. The fourth-order valence-electron chi connectivity index (χ4n) is 6.69. The van der Waals surface area contributed by atoms with Crippen LogP contribution in [-0.2, 0) is 4.79 Å². The highest BCUT2D eigenvalue weighted by Crippen LogP contribution is 2.17. The molecule has 4 N–H and O–H groups in total. The van der Waals surface area contributed by atoms with Crippen molar-refractivity contribution in [3.8, 4) is 0 Å². The number of hydrogen-bond donors (Lipinski definition) is 4. The molecule has 0 radical (unpaired) electrons. The third kappa shape index (κ3) is 31.9. The van der Waals surface area contributed by atoms with Gasteiger partial charge in [-0.15, -0.1) is 0 Å². The second kappa shape index (κ2) is 37.2. The fourth-order valence-corrected chi connectivity index (χ4v) is 6.69. The Balaban J connectivity index is 3.61. The minimum absolute atomic E-state index is 0.141. The zero-order chi connectivity index (χ0) is 33.8. The van der Waals surface area contributed by atoms with Crippen LogP contribution in [0.1, 0.15) is 232 Å². The lowest BCUT2D eigenvalue weighted by Gasteiger charge is -2.26. The van der Waals surface area contributed by atoms with Crippen LogP contribution in [0.3, 0.4) is 0 Å². The summed E-state index contributed by atoms with van der Waals surface area (Å²) in [4.78, 5) is 12.4. The van der Waals surface area contributed by atoms with Crippen molar-refractivity contribution in [1.82, 2.24) is 5.32 Å². The van der Waals surface area contributed by atoms with E-state index in [0.29, 0.717) is 12.8 Å². The average Bonchev–Trinajstić information content (AvgIpc) is 3.06. The Labute approximate surface area is 287 Å². The first-order valence-corrected chi connectivity index (χ1v) is 20.8. The summed E-state index contributed by atoms with van der Waals surface area (Å²) in [6, 6.07) is -0.801. The number of amides is 1. The van der Waals surface area contributed by atoms with Gasteiger partial charge in [0.15, 0.2) is 0 Å². The lowest BCUT2D eigenvalue weighted by Crippen LogP contribution is -2.50. The maximum atomic E-state index is 12.4. The quantitative estimate of drug-likeness (QED) is 0.0499. The number of unbranched alkanes of at least 4 members (excludes halogenated alkanes) is 30. The van der Waals surface area contributed by atoms with Gasteiger partial charge < -0.3 is 20.6 Å². The smallest absolute Gasteiger partial charge is 0.220 e. The SMILES string of the molecule is CCCCCCCCCCCCCCCCCCCC(=O)N[C@@H](CO)[C@H](O)[C@H](O)CCCCCCCCCCCCCCCCC. The van der Waals surface area contributed by atoms with Crippen LogP contribution in [0.2, 0.25) is 0 Å². The van der Waals surface area contributed by atoms with Crippen molar-refractivity contribution in [3.63, 3.8) is 0 Å². The van der Waals surface area contributed by atoms with Crippen LogP contribution in [-0.4, -0.2) is 46.1 Å². The Hall–Kier alpha value is -0.650. The molecule has 0 aromatic rings. The molecular weight excluding hydrogens is 570 g/mol. The lowest BCUT2D eigenvalue weighted by molar-refractivity contribution is -0.124. The van der Waals surface area contributed by atoms with E-state index in [1.807, 2.05) is 0 Å². The highest BCUT2D eigenvalue weighted by molar-refractivity contribution is 5.76. The molecule has 0 saturated heterocycles. The van der Waals surface area contributed by atoms with Gasteiger partial charge in [-0.25, -0.2) is 0 Å². The Morgan fingerprint density at radius 1 is 0.457 bits per heavy atom. The van der Waals surface area contributed by atoms with Gasteiger partial charge in [-0.3, -0.25) is 4.79 Å². The summed E-state index contributed by atoms with van der Waals surface area (Å²) in [6.07, 6.45) is 40.5. The second-order valence-electron chi connectivity index (χ2n) is 14.6. The monoisotopic (exact) mass is 654 g/mol. The largest absolute Gasteiger partial charge is 0.394 e. The minimum atomic E-state index is -1.13. The first-order chi connectivity index (χ1) is 22.6. The molecule has 0 spiro atoms. The summed E-state index contributed by atoms with van der Waals surface area (Å²) in [5.41, 5.74) is 0. The van der Waals surface area contributed by atoms with Crippen LogP contribution in [0.15, 0.2) is 0 Å². The van der Waals surface area contributed by atoms with Gasteiger partial charge in [-0.2, -0.15) is 0 Å². The number of carbonyl (C=O) groups is 1. The lowest BCUT2D eigenvalue weighted by atomic mass is 9.99. The Morgan fingerprint density at radius 2 is 0.739 bits per heavy atom. The average molecular weight is 654 g/mol. The number of nitrogens with one attached hydrogen (secondary N) is 1. The van der Waals surface area contributed by atoms with E-state index in [9.17, 15) is 20.1 Å². The first-order valence-electron chi connectivity index (χ1n) is 20.8. The maximum Gasteiger partial charge on any atom is 0.220 e. The highest BCUT2D eigenvalue weighted by atomic mass is 16.3. The van der Waals surface area contributed by atoms with Gasteiger partial charge in [0.2, 0.25) is 5.91 Å². The molecule has 1 amide bonds. The third-order valence-electron chi connectivity index (χ3n) is 9.96. The molecule has 0 aromatic heterocycles. The van der Waals surface area contributed by atoms with Gasteiger partial charge in [-0.05, 0) is 12.8 Å². The molecule has 5 heteroatoms. The number of aliphatic hydroxyl groups excluding tert-OH is 3. The number of rotatable bonds is 38. The van der Waals surface area contributed by atoms with Crippen LogP contribution >= 0.6 is 0 Å². The van der Waals surface area contributed by atoms with Gasteiger partial charge in [0, 0.05) is 6.42 Å². The van der Waals surface area contributed by atoms with E-state index in [2.05, 4.69) is 19.2 Å². The van der Waals surface area contributed by atoms with E-state index in [4.69, 9.17) is 0 Å². The molecule has 0 unspecified atom stereocenters. The summed E-state index contributed by atoms with van der Waals surface area (Å²) >= 11 is 0. The van der Waals surface area contributed by atoms with Crippen molar-refractivity contribution in [2.24, 2.45) is 0 Å². The van der Waals surface area contributed by atoms with Gasteiger partial charge in [0.25, 0.3) is 0 Å². The molecule has 3 atom stereocenters. The molecule has 0 fully saturated rings. The number of hydrogen-bond acceptors (Lipinski definition) is 4. The number of aliphatic hydroxyl groups is 3. The van der Waals surface area contributed by atoms with E-state index in [0.717, 1.165) is 32.1 Å². The molecule has 0 bridgehead atoms. The van der Waals surface area contributed by atoms with E-state index in [-0.39, 0.29) is 12.5 Å². The first kappa shape index (κ1) is 45.3. The van der Waals surface area contributed by atoms with Crippen LogP contribution < -0.4 is 5.32 Å². The summed E-state index contributed by atoms with van der Waals surface area (Å²) < 4.78 is 0. The van der Waals surface area contributed by atoms with Crippen molar-refractivity contribution in [3.05, 3.63) is 0 Å². The van der Waals surface area contributed by atoms with Crippen molar-refractivity contribution in [2.75, 3.05) is 6.61 Å². The van der Waals surface area contributed by atoms with Crippen molar-refractivity contribution in [2.45, 2.75) is 250 Å². The molecule has 0 aliphatic rings. The molecular formula is C41H83NO4. The normalized spacial score (nSPS) is 13.6. The molecule has 46 heavy (non-hydrogen) atoms. The Kier molecular flexibility index (Phi) is 36.6. The predicted octanol–water partition coefficient (Wildman–Crippen LogP) is 11.5. The zero-order valence-corrected chi connectivity index (χ0v) is 31.2. The maximum absolute atomic E-state index is 12.4. The van der Waals surface area contributed by atoms with Crippen molar-refractivity contribution >= 4 is 5.91 Å². The topological polar surface area (TPSA) is 89.8 Å². The zero-order valence-electron chi connectivity index (χ0n) is 31.2. The minimum Gasteiger partial charge on any atom is -0.394 e. The fraction of sp³-hybridized carbons (Fsp3) is 0.976. The molecule has 0 rings (SSSR count). The summed E-state index contributed by atoms with van der Waals surface area (Å²) in [5.74, 6) is -0.141. The molecule has 276 valence electrons. The molecule has 0 aromatic carbocycles. The van der Waals surface area contributed by atoms with Crippen LogP contribution in [0, 0.1) is 0 Å². The van der Waals surface area contributed by atoms with Crippen molar-refractivity contribution in [1.29, 1.82) is 0 Å². The molecule has 5 nitrogen and oxygen atoms in total. The van der Waals surface area contributed by atoms with E-state index >= 15 is 0 Å². The second-order valence-corrected chi connectivity index (χ2v) is 14.6. The Morgan fingerprint density at radius 3 is 1.04 bits per heavy atom. The van der Waals surface area contributed by atoms with Gasteiger partial charge in [-0.1, -0.05) is 213 Å². The van der Waals surface area contributed by atoms with Gasteiger partial charge in [0.05, 0.1) is 18.8 Å². The molecule has 0 aliphatic carbocycles.